The quantitative estimate of drug-likeness (QED) is 0.727. The van der Waals surface area contributed by atoms with Crippen LogP contribution in [-0.2, 0) is 15.4 Å². The van der Waals surface area contributed by atoms with Crippen LogP contribution >= 0.6 is 23.4 Å². The first-order valence-corrected chi connectivity index (χ1v) is 11.1. The second kappa shape index (κ2) is 6.95. The lowest BCUT2D eigenvalue weighted by Crippen LogP contribution is -2.30. The molecule has 0 bridgehead atoms. The molecule has 1 heterocycles. The minimum absolute atomic E-state index is 0.00485. The maximum Gasteiger partial charge on any atom is 0.244 e. The molecule has 0 amide bonds. The predicted molar refractivity (Wildman–Crippen MR) is 106 cm³/mol. The molecule has 0 N–H and O–H groups in total. The zero-order valence-electron chi connectivity index (χ0n) is 14.6. The van der Waals surface area contributed by atoms with Crippen molar-refractivity contribution in [1.29, 1.82) is 0 Å². The van der Waals surface area contributed by atoms with Crippen molar-refractivity contribution < 1.29 is 8.42 Å². The Morgan fingerprint density at radius 2 is 1.80 bits per heavy atom. The third kappa shape index (κ3) is 3.90. The summed E-state index contributed by atoms with van der Waals surface area (Å²) in [5.41, 5.74) is 2.04. The predicted octanol–water partition coefficient (Wildman–Crippen LogP) is 5.07. The Morgan fingerprint density at radius 3 is 2.40 bits per heavy atom. The lowest BCUT2D eigenvalue weighted by molar-refractivity contribution is 0.434. The SMILES string of the molecule is CC(C)(C)c1ccc(S(=O)(=O)N2CCS[C@H]2c2cccc(Cl)c2)cc1. The van der Waals surface area contributed by atoms with Crippen LogP contribution in [0.15, 0.2) is 53.4 Å². The van der Waals surface area contributed by atoms with Gasteiger partial charge in [0.05, 0.1) is 10.3 Å². The van der Waals surface area contributed by atoms with Crippen LogP contribution in [0.4, 0.5) is 0 Å². The van der Waals surface area contributed by atoms with E-state index in [4.69, 9.17) is 11.6 Å². The Balaban J connectivity index is 1.93. The van der Waals surface area contributed by atoms with E-state index in [0.717, 1.165) is 16.9 Å². The van der Waals surface area contributed by atoms with Crippen LogP contribution in [0.1, 0.15) is 37.3 Å². The maximum absolute atomic E-state index is 13.1. The molecule has 1 fully saturated rings. The lowest BCUT2D eigenvalue weighted by atomic mass is 9.87. The van der Waals surface area contributed by atoms with Crippen LogP contribution in [0, 0.1) is 0 Å². The fourth-order valence-corrected chi connectivity index (χ4v) is 6.32. The summed E-state index contributed by atoms with van der Waals surface area (Å²) in [4.78, 5) is 0.343. The van der Waals surface area contributed by atoms with Crippen LogP contribution < -0.4 is 0 Å². The smallest absolute Gasteiger partial charge is 0.207 e. The van der Waals surface area contributed by atoms with Gasteiger partial charge in [-0.05, 0) is 40.8 Å². The van der Waals surface area contributed by atoms with E-state index in [-0.39, 0.29) is 10.8 Å². The van der Waals surface area contributed by atoms with Crippen LogP contribution in [0.2, 0.25) is 5.02 Å². The summed E-state index contributed by atoms with van der Waals surface area (Å²) in [5, 5.41) is 0.392. The van der Waals surface area contributed by atoms with Crippen molar-refractivity contribution >= 4 is 33.4 Å². The van der Waals surface area contributed by atoms with E-state index in [9.17, 15) is 8.42 Å². The minimum Gasteiger partial charge on any atom is -0.207 e. The van der Waals surface area contributed by atoms with Crippen molar-refractivity contribution in [2.45, 2.75) is 36.5 Å². The molecule has 1 atom stereocenters. The van der Waals surface area contributed by atoms with Crippen molar-refractivity contribution in [1.82, 2.24) is 4.31 Å². The van der Waals surface area contributed by atoms with Gasteiger partial charge >= 0.3 is 0 Å². The molecule has 1 aliphatic rings. The molecule has 3 rings (SSSR count). The van der Waals surface area contributed by atoms with E-state index in [1.807, 2.05) is 30.3 Å². The van der Waals surface area contributed by atoms with E-state index >= 15 is 0 Å². The summed E-state index contributed by atoms with van der Waals surface area (Å²) in [5.74, 6) is 0.774. The molecule has 0 saturated carbocycles. The summed E-state index contributed by atoms with van der Waals surface area (Å²) < 4.78 is 27.9. The highest BCUT2D eigenvalue weighted by Crippen LogP contribution is 2.42. The zero-order valence-corrected chi connectivity index (χ0v) is 17.0. The first kappa shape index (κ1) is 18.8. The maximum atomic E-state index is 13.1. The topological polar surface area (TPSA) is 37.4 Å². The molecule has 0 spiro atoms. The number of halogens is 1. The van der Waals surface area contributed by atoms with Gasteiger partial charge in [-0.3, -0.25) is 0 Å². The van der Waals surface area contributed by atoms with Gasteiger partial charge in [-0.2, -0.15) is 4.31 Å². The Kier molecular flexibility index (Phi) is 5.22. The third-order valence-electron chi connectivity index (χ3n) is 4.31. The van der Waals surface area contributed by atoms with Crippen LogP contribution in [0.25, 0.3) is 0 Å². The second-order valence-electron chi connectivity index (χ2n) is 7.17. The van der Waals surface area contributed by atoms with Gasteiger partial charge in [-0.1, -0.05) is 56.6 Å². The largest absolute Gasteiger partial charge is 0.244 e. The molecule has 6 heteroatoms. The highest BCUT2D eigenvalue weighted by molar-refractivity contribution is 8.01. The highest BCUT2D eigenvalue weighted by atomic mass is 35.5. The molecular formula is C19H22ClNO2S2. The average Bonchev–Trinajstić information content (AvgIpc) is 3.04. The Labute approximate surface area is 159 Å². The first-order valence-electron chi connectivity index (χ1n) is 8.19. The molecule has 2 aromatic rings. The minimum atomic E-state index is -3.54. The molecule has 0 unspecified atom stereocenters. The molecule has 3 nitrogen and oxygen atoms in total. The number of hydrogen-bond donors (Lipinski definition) is 0. The highest BCUT2D eigenvalue weighted by Gasteiger charge is 2.37. The Morgan fingerprint density at radius 1 is 1.12 bits per heavy atom. The fourth-order valence-electron chi connectivity index (χ4n) is 2.89. The van der Waals surface area contributed by atoms with Gasteiger partial charge in [0, 0.05) is 17.3 Å². The van der Waals surface area contributed by atoms with Gasteiger partial charge in [0.15, 0.2) is 0 Å². The van der Waals surface area contributed by atoms with E-state index in [0.29, 0.717) is 16.5 Å². The monoisotopic (exact) mass is 395 g/mol. The first-order chi connectivity index (χ1) is 11.7. The average molecular weight is 396 g/mol. The fraction of sp³-hybridized carbons (Fsp3) is 0.368. The number of nitrogens with zero attached hydrogens (tertiary/aromatic N) is 1. The van der Waals surface area contributed by atoms with Gasteiger partial charge in [0.2, 0.25) is 10.0 Å². The van der Waals surface area contributed by atoms with Gasteiger partial charge < -0.3 is 0 Å². The van der Waals surface area contributed by atoms with Crippen molar-refractivity contribution in [3.05, 3.63) is 64.7 Å². The number of benzene rings is 2. The van der Waals surface area contributed by atoms with Gasteiger partial charge in [-0.25, -0.2) is 8.42 Å². The van der Waals surface area contributed by atoms with Crippen molar-refractivity contribution in [3.63, 3.8) is 0 Å². The number of rotatable bonds is 3. The summed E-state index contributed by atoms with van der Waals surface area (Å²) in [6.45, 7) is 6.85. The summed E-state index contributed by atoms with van der Waals surface area (Å²) >= 11 is 7.71. The normalized spacial score (nSPS) is 19.3. The van der Waals surface area contributed by atoms with Gasteiger partial charge in [0.1, 0.15) is 0 Å². The van der Waals surface area contributed by atoms with E-state index in [1.165, 1.54) is 0 Å². The molecular weight excluding hydrogens is 374 g/mol. The van der Waals surface area contributed by atoms with Crippen LogP contribution in [0.3, 0.4) is 0 Å². The second-order valence-corrected chi connectivity index (χ2v) is 10.7. The van der Waals surface area contributed by atoms with Crippen molar-refractivity contribution in [3.8, 4) is 0 Å². The molecule has 2 aromatic carbocycles. The third-order valence-corrected chi connectivity index (χ3v) is 7.82. The van der Waals surface area contributed by atoms with Gasteiger partial charge in [-0.15, -0.1) is 11.8 Å². The van der Waals surface area contributed by atoms with Crippen LogP contribution in [-0.4, -0.2) is 25.0 Å². The van der Waals surface area contributed by atoms with Crippen molar-refractivity contribution in [2.24, 2.45) is 0 Å². The van der Waals surface area contributed by atoms with E-state index in [1.54, 1.807) is 34.3 Å². The lowest BCUT2D eigenvalue weighted by Gasteiger charge is -2.24. The molecule has 1 aliphatic heterocycles. The molecule has 0 aliphatic carbocycles. The number of sulfonamides is 1. The molecule has 0 aromatic heterocycles. The molecule has 1 saturated heterocycles. The Bertz CT molecular complexity index is 858. The Hall–Kier alpha value is -1.01. The summed E-state index contributed by atoms with van der Waals surface area (Å²) in [7, 11) is -3.54. The summed E-state index contributed by atoms with van der Waals surface area (Å²) in [6, 6.07) is 14.7. The van der Waals surface area contributed by atoms with E-state index < -0.39 is 10.0 Å². The molecule has 25 heavy (non-hydrogen) atoms. The van der Waals surface area contributed by atoms with E-state index in [2.05, 4.69) is 20.8 Å². The molecule has 0 radical (unpaired) electrons. The standard InChI is InChI=1S/C19H22ClNO2S2/c1-19(2,3)15-7-9-17(10-8-15)25(22,23)21-11-12-24-18(21)14-5-4-6-16(20)13-14/h4-10,13,18H,11-12H2,1-3H3/t18-/m0/s1. The molecule has 134 valence electrons. The van der Waals surface area contributed by atoms with Crippen molar-refractivity contribution in [2.75, 3.05) is 12.3 Å². The summed E-state index contributed by atoms with van der Waals surface area (Å²) in [6.07, 6.45) is 0. The zero-order chi connectivity index (χ0) is 18.2. The number of thioether (sulfide) groups is 1. The van der Waals surface area contributed by atoms with Gasteiger partial charge in [0.25, 0.3) is 0 Å². The van der Waals surface area contributed by atoms with Crippen LogP contribution in [0.5, 0.6) is 0 Å². The number of hydrogen-bond acceptors (Lipinski definition) is 3.